The predicted octanol–water partition coefficient (Wildman–Crippen LogP) is 3.49. The van der Waals surface area contributed by atoms with Crippen LogP contribution in [0.5, 0.6) is 0 Å². The molecule has 0 unspecified atom stereocenters. The molecule has 0 aliphatic heterocycles. The van der Waals surface area contributed by atoms with Crippen LogP contribution in [0.4, 0.5) is 24.5 Å². The molecular formula is C17H13F3N2O3. The van der Waals surface area contributed by atoms with Crippen molar-refractivity contribution in [2.75, 3.05) is 10.6 Å². The van der Waals surface area contributed by atoms with Crippen molar-refractivity contribution in [2.45, 2.75) is 13.1 Å². The van der Waals surface area contributed by atoms with Gasteiger partial charge in [0.1, 0.15) is 0 Å². The van der Waals surface area contributed by atoms with Crippen LogP contribution in [0.1, 0.15) is 22.8 Å². The Kier molecular flexibility index (Phi) is 5.21. The van der Waals surface area contributed by atoms with E-state index in [2.05, 4.69) is 10.6 Å². The Morgan fingerprint density at radius 3 is 1.88 bits per heavy atom. The van der Waals surface area contributed by atoms with Crippen molar-refractivity contribution < 1.29 is 27.6 Å². The fraction of sp³-hybridized carbons (Fsp3) is 0.118. The molecule has 2 aromatic rings. The minimum absolute atomic E-state index is 0.160. The molecule has 0 heterocycles. The first-order valence-electron chi connectivity index (χ1n) is 7.07. The fourth-order valence-corrected chi connectivity index (χ4v) is 1.96. The zero-order valence-electron chi connectivity index (χ0n) is 13.0. The number of carbonyl (C=O) groups excluding carboxylic acids is 3. The standard InChI is InChI=1S/C17H13F3N2O3/c1-10(23)11-4-2-6-13(8-11)21-15(24)16(25)22-14-7-3-5-12(9-14)17(18,19)20/h2-9H,1H3,(H,21,24)(H,22,25). The maximum absolute atomic E-state index is 12.6. The number of ketones is 1. The number of anilines is 2. The average molecular weight is 350 g/mol. The van der Waals surface area contributed by atoms with Gasteiger partial charge in [0, 0.05) is 16.9 Å². The van der Waals surface area contributed by atoms with Crippen LogP contribution in [0, 0.1) is 0 Å². The molecular weight excluding hydrogens is 337 g/mol. The molecule has 0 atom stereocenters. The van der Waals surface area contributed by atoms with Gasteiger partial charge in [-0.15, -0.1) is 0 Å². The molecule has 25 heavy (non-hydrogen) atoms. The third-order valence-electron chi connectivity index (χ3n) is 3.18. The van der Waals surface area contributed by atoms with Crippen LogP contribution in [0.3, 0.4) is 0 Å². The molecule has 130 valence electrons. The average Bonchev–Trinajstić information content (AvgIpc) is 2.54. The van der Waals surface area contributed by atoms with Crippen LogP contribution in [-0.2, 0) is 15.8 Å². The lowest BCUT2D eigenvalue weighted by Gasteiger charge is -2.10. The number of carbonyl (C=O) groups is 3. The SMILES string of the molecule is CC(=O)c1cccc(NC(=O)C(=O)Nc2cccc(C(F)(F)F)c2)c1. The van der Waals surface area contributed by atoms with Crippen LogP contribution >= 0.6 is 0 Å². The van der Waals surface area contributed by atoms with Crippen LogP contribution in [0.15, 0.2) is 48.5 Å². The first kappa shape index (κ1) is 18.2. The Bertz CT molecular complexity index is 832. The zero-order valence-corrected chi connectivity index (χ0v) is 13.0. The third kappa shape index (κ3) is 4.90. The van der Waals surface area contributed by atoms with Crippen LogP contribution < -0.4 is 10.6 Å². The summed E-state index contributed by atoms with van der Waals surface area (Å²) in [5.41, 5.74) is -0.541. The maximum Gasteiger partial charge on any atom is 0.416 e. The summed E-state index contributed by atoms with van der Waals surface area (Å²) in [5, 5.41) is 4.37. The number of hydrogen-bond acceptors (Lipinski definition) is 3. The zero-order chi connectivity index (χ0) is 18.6. The van der Waals surface area contributed by atoms with E-state index in [0.717, 1.165) is 18.2 Å². The third-order valence-corrected chi connectivity index (χ3v) is 3.18. The van der Waals surface area contributed by atoms with Gasteiger partial charge in [-0.2, -0.15) is 13.2 Å². The molecule has 2 amide bonds. The summed E-state index contributed by atoms with van der Waals surface area (Å²) >= 11 is 0. The summed E-state index contributed by atoms with van der Waals surface area (Å²) in [4.78, 5) is 35.0. The number of benzene rings is 2. The molecule has 0 bridgehead atoms. The molecule has 2 N–H and O–H groups in total. The van der Waals surface area contributed by atoms with Crippen LogP contribution in [0.25, 0.3) is 0 Å². The fourth-order valence-electron chi connectivity index (χ4n) is 1.96. The van der Waals surface area contributed by atoms with Crippen molar-refractivity contribution in [1.82, 2.24) is 0 Å². The van der Waals surface area contributed by atoms with Gasteiger partial charge in [0.15, 0.2) is 5.78 Å². The number of alkyl halides is 3. The second-order valence-electron chi connectivity index (χ2n) is 5.12. The first-order chi connectivity index (χ1) is 11.7. The molecule has 0 saturated heterocycles. The number of hydrogen-bond donors (Lipinski definition) is 2. The van der Waals surface area contributed by atoms with Gasteiger partial charge in [-0.3, -0.25) is 14.4 Å². The molecule has 2 aromatic carbocycles. The van der Waals surface area contributed by atoms with E-state index in [1.165, 1.54) is 31.2 Å². The minimum Gasteiger partial charge on any atom is -0.318 e. The van der Waals surface area contributed by atoms with Gasteiger partial charge in [0.2, 0.25) is 0 Å². The Balaban J connectivity index is 2.07. The molecule has 0 aliphatic rings. The van der Waals surface area contributed by atoms with Gasteiger partial charge in [0.25, 0.3) is 0 Å². The van der Waals surface area contributed by atoms with Crippen molar-refractivity contribution in [3.8, 4) is 0 Å². The summed E-state index contributed by atoms with van der Waals surface area (Å²) in [5.74, 6) is -2.42. The molecule has 0 radical (unpaired) electrons. The lowest BCUT2D eigenvalue weighted by atomic mass is 10.1. The molecule has 0 fully saturated rings. The lowest BCUT2D eigenvalue weighted by Crippen LogP contribution is -2.29. The van der Waals surface area contributed by atoms with Crippen molar-refractivity contribution in [3.63, 3.8) is 0 Å². The molecule has 8 heteroatoms. The largest absolute Gasteiger partial charge is 0.416 e. The van der Waals surface area contributed by atoms with E-state index in [0.29, 0.717) is 5.56 Å². The predicted molar refractivity (Wildman–Crippen MR) is 85.1 cm³/mol. The summed E-state index contributed by atoms with van der Waals surface area (Å²) in [7, 11) is 0. The van der Waals surface area contributed by atoms with Gasteiger partial charge >= 0.3 is 18.0 Å². The van der Waals surface area contributed by atoms with E-state index >= 15 is 0 Å². The monoisotopic (exact) mass is 350 g/mol. The lowest BCUT2D eigenvalue weighted by molar-refractivity contribution is -0.137. The number of Topliss-reactive ketones (excluding diaryl/α,β-unsaturated/α-hetero) is 1. The van der Waals surface area contributed by atoms with E-state index in [-0.39, 0.29) is 17.2 Å². The highest BCUT2D eigenvalue weighted by molar-refractivity contribution is 6.43. The number of nitrogens with one attached hydrogen (secondary N) is 2. The smallest absolute Gasteiger partial charge is 0.318 e. The Labute approximate surface area is 140 Å². The van der Waals surface area contributed by atoms with Crippen molar-refractivity contribution >= 4 is 29.0 Å². The molecule has 0 aromatic heterocycles. The summed E-state index contributed by atoms with van der Waals surface area (Å²) in [6.07, 6.45) is -4.56. The van der Waals surface area contributed by atoms with Gasteiger partial charge in [0.05, 0.1) is 5.56 Å². The van der Waals surface area contributed by atoms with Crippen molar-refractivity contribution in [3.05, 3.63) is 59.7 Å². The van der Waals surface area contributed by atoms with Crippen LogP contribution in [0.2, 0.25) is 0 Å². The molecule has 2 rings (SSSR count). The molecule has 0 spiro atoms. The Morgan fingerprint density at radius 1 is 0.840 bits per heavy atom. The summed E-state index contributed by atoms with van der Waals surface area (Å²) in [6, 6.07) is 9.85. The highest BCUT2D eigenvalue weighted by atomic mass is 19.4. The first-order valence-corrected chi connectivity index (χ1v) is 7.07. The highest BCUT2D eigenvalue weighted by Crippen LogP contribution is 2.30. The minimum atomic E-state index is -4.56. The normalized spacial score (nSPS) is 10.9. The maximum atomic E-state index is 12.6. The van der Waals surface area contributed by atoms with E-state index in [1.807, 2.05) is 0 Å². The van der Waals surface area contributed by atoms with E-state index in [9.17, 15) is 27.6 Å². The Hall–Kier alpha value is -3.16. The molecule has 0 aliphatic carbocycles. The number of rotatable bonds is 3. The molecule has 5 nitrogen and oxygen atoms in total. The Morgan fingerprint density at radius 2 is 1.36 bits per heavy atom. The van der Waals surface area contributed by atoms with E-state index < -0.39 is 23.6 Å². The van der Waals surface area contributed by atoms with E-state index in [4.69, 9.17) is 0 Å². The van der Waals surface area contributed by atoms with Crippen LogP contribution in [-0.4, -0.2) is 17.6 Å². The topological polar surface area (TPSA) is 75.3 Å². The van der Waals surface area contributed by atoms with Crippen molar-refractivity contribution in [2.24, 2.45) is 0 Å². The van der Waals surface area contributed by atoms with E-state index in [1.54, 1.807) is 6.07 Å². The number of amides is 2. The van der Waals surface area contributed by atoms with Gasteiger partial charge in [-0.05, 0) is 37.3 Å². The highest BCUT2D eigenvalue weighted by Gasteiger charge is 2.30. The summed E-state index contributed by atoms with van der Waals surface area (Å²) < 4.78 is 37.9. The quantitative estimate of drug-likeness (QED) is 0.657. The van der Waals surface area contributed by atoms with Gasteiger partial charge in [-0.1, -0.05) is 18.2 Å². The number of halogens is 3. The van der Waals surface area contributed by atoms with Crippen molar-refractivity contribution in [1.29, 1.82) is 0 Å². The second-order valence-corrected chi connectivity index (χ2v) is 5.12. The molecule has 0 saturated carbocycles. The second kappa shape index (κ2) is 7.16. The van der Waals surface area contributed by atoms with Gasteiger partial charge < -0.3 is 10.6 Å². The van der Waals surface area contributed by atoms with Gasteiger partial charge in [-0.25, -0.2) is 0 Å². The summed E-state index contributed by atoms with van der Waals surface area (Å²) in [6.45, 7) is 1.35.